The van der Waals surface area contributed by atoms with E-state index in [-0.39, 0.29) is 9.88 Å². The molecule has 1 saturated heterocycles. The highest BCUT2D eigenvalue weighted by molar-refractivity contribution is 8.26. The van der Waals surface area contributed by atoms with Gasteiger partial charge in [0.1, 0.15) is 10.9 Å². The second kappa shape index (κ2) is 6.10. The molecule has 0 unspecified atom stereocenters. The number of hydrogen-bond donors (Lipinski definition) is 3. The van der Waals surface area contributed by atoms with Crippen molar-refractivity contribution in [1.82, 2.24) is 9.88 Å². The molecule has 0 radical (unpaired) electrons. The van der Waals surface area contributed by atoms with Crippen LogP contribution in [0.15, 0.2) is 29.3 Å². The maximum atomic E-state index is 12.3. The van der Waals surface area contributed by atoms with Crippen molar-refractivity contribution in [3.05, 3.63) is 40.4 Å². The molecule has 1 amide bonds. The molecule has 0 aliphatic carbocycles. The summed E-state index contributed by atoms with van der Waals surface area (Å²) in [5, 5.41) is 18.6. The highest BCUT2D eigenvalue weighted by Crippen LogP contribution is 2.33. The summed E-state index contributed by atoms with van der Waals surface area (Å²) in [6.45, 7) is -0.487. The van der Waals surface area contributed by atoms with Gasteiger partial charge < -0.3 is 15.2 Å². The molecular formula is C15H10N2O5S2. The number of aliphatic carboxylic acids is 1. The van der Waals surface area contributed by atoms with Gasteiger partial charge in [0.2, 0.25) is 0 Å². The second-order valence-electron chi connectivity index (χ2n) is 4.97. The number of nitrogens with zero attached hydrogens (tertiary/aromatic N) is 1. The molecule has 1 aromatic carbocycles. The van der Waals surface area contributed by atoms with Gasteiger partial charge in [-0.3, -0.25) is 14.5 Å². The Hall–Kier alpha value is -2.65. The Labute approximate surface area is 144 Å². The number of aromatic carboxylic acids is 1. The van der Waals surface area contributed by atoms with Crippen LogP contribution < -0.4 is 0 Å². The molecule has 122 valence electrons. The summed E-state index contributed by atoms with van der Waals surface area (Å²) >= 11 is 6.05. The highest BCUT2D eigenvalue weighted by Gasteiger charge is 2.33. The first-order valence-corrected chi connectivity index (χ1v) is 7.91. The molecule has 0 bridgehead atoms. The van der Waals surface area contributed by atoms with Crippen LogP contribution in [-0.4, -0.2) is 48.8 Å². The number of thiocarbonyl (C=S) groups is 1. The number of hydrogen-bond acceptors (Lipinski definition) is 5. The number of benzene rings is 1. The van der Waals surface area contributed by atoms with Crippen molar-refractivity contribution in [2.75, 3.05) is 6.54 Å². The third kappa shape index (κ3) is 2.91. The molecule has 3 rings (SSSR count). The first kappa shape index (κ1) is 16.2. The minimum atomic E-state index is -1.15. The van der Waals surface area contributed by atoms with Crippen LogP contribution in [-0.2, 0) is 9.59 Å². The lowest BCUT2D eigenvalue weighted by Crippen LogP contribution is -2.33. The Balaban J connectivity index is 2.00. The second-order valence-corrected chi connectivity index (χ2v) is 6.65. The molecule has 9 heteroatoms. The van der Waals surface area contributed by atoms with E-state index in [1.54, 1.807) is 18.3 Å². The minimum Gasteiger partial charge on any atom is -0.480 e. The van der Waals surface area contributed by atoms with Gasteiger partial charge in [0.15, 0.2) is 0 Å². The Morgan fingerprint density at radius 1 is 1.33 bits per heavy atom. The predicted octanol–water partition coefficient (Wildman–Crippen LogP) is 2.15. The van der Waals surface area contributed by atoms with Gasteiger partial charge in [0, 0.05) is 22.7 Å². The Morgan fingerprint density at radius 3 is 2.75 bits per heavy atom. The lowest BCUT2D eigenvalue weighted by atomic mass is 10.1. The zero-order valence-corrected chi connectivity index (χ0v) is 13.6. The molecule has 0 spiro atoms. The van der Waals surface area contributed by atoms with E-state index in [4.69, 9.17) is 22.4 Å². The summed E-state index contributed by atoms with van der Waals surface area (Å²) < 4.78 is 0.180. The van der Waals surface area contributed by atoms with Gasteiger partial charge in [0.25, 0.3) is 5.91 Å². The molecule has 1 aromatic heterocycles. The van der Waals surface area contributed by atoms with E-state index >= 15 is 0 Å². The summed E-state index contributed by atoms with van der Waals surface area (Å²) in [4.78, 5) is 38.5. The largest absolute Gasteiger partial charge is 0.480 e. The van der Waals surface area contributed by atoms with Crippen LogP contribution in [0.2, 0.25) is 0 Å². The SMILES string of the molecule is O=C(O)CN1C(=O)C(=Cc2c[nH]c3ccc(C(=O)O)cc23)SC1=S. The molecule has 0 atom stereocenters. The first-order valence-electron chi connectivity index (χ1n) is 6.68. The summed E-state index contributed by atoms with van der Waals surface area (Å²) in [6.07, 6.45) is 3.23. The number of H-pyrrole nitrogens is 1. The number of rotatable bonds is 4. The maximum Gasteiger partial charge on any atom is 0.335 e. The molecule has 2 aromatic rings. The van der Waals surface area contributed by atoms with Crippen LogP contribution in [0.1, 0.15) is 15.9 Å². The van der Waals surface area contributed by atoms with E-state index in [0.717, 1.165) is 22.2 Å². The van der Waals surface area contributed by atoms with E-state index in [1.165, 1.54) is 12.1 Å². The molecule has 1 aliphatic heterocycles. The fourth-order valence-corrected chi connectivity index (χ4v) is 3.55. The summed E-state index contributed by atoms with van der Waals surface area (Å²) in [5.41, 5.74) is 1.49. The van der Waals surface area contributed by atoms with Gasteiger partial charge in [-0.1, -0.05) is 24.0 Å². The highest BCUT2D eigenvalue weighted by atomic mass is 32.2. The van der Waals surface area contributed by atoms with Crippen molar-refractivity contribution in [3.8, 4) is 0 Å². The molecular weight excluding hydrogens is 352 g/mol. The van der Waals surface area contributed by atoms with E-state index in [1.807, 2.05) is 0 Å². The van der Waals surface area contributed by atoms with Gasteiger partial charge in [-0.15, -0.1) is 0 Å². The van der Waals surface area contributed by atoms with Crippen molar-refractivity contribution < 1.29 is 24.6 Å². The number of amides is 1. The van der Waals surface area contributed by atoms with Gasteiger partial charge in [-0.2, -0.15) is 0 Å². The van der Waals surface area contributed by atoms with E-state index in [0.29, 0.717) is 15.9 Å². The Kier molecular flexibility index (Phi) is 4.12. The number of fused-ring (bicyclic) bond motifs is 1. The lowest BCUT2D eigenvalue weighted by Gasteiger charge is -2.10. The molecule has 3 N–H and O–H groups in total. The number of carboxylic acid groups (broad SMARTS) is 2. The maximum absolute atomic E-state index is 12.3. The van der Waals surface area contributed by atoms with Crippen LogP contribution in [0.4, 0.5) is 0 Å². The monoisotopic (exact) mass is 362 g/mol. The third-order valence-electron chi connectivity index (χ3n) is 3.41. The number of thioether (sulfide) groups is 1. The van der Waals surface area contributed by atoms with Crippen molar-refractivity contribution in [2.45, 2.75) is 0 Å². The zero-order chi connectivity index (χ0) is 17.4. The average Bonchev–Trinajstić information content (AvgIpc) is 3.03. The lowest BCUT2D eigenvalue weighted by molar-refractivity contribution is -0.140. The van der Waals surface area contributed by atoms with Crippen LogP contribution in [0.3, 0.4) is 0 Å². The molecule has 1 fully saturated rings. The van der Waals surface area contributed by atoms with Gasteiger partial charge in [-0.05, 0) is 24.3 Å². The van der Waals surface area contributed by atoms with E-state index < -0.39 is 24.4 Å². The summed E-state index contributed by atoms with van der Waals surface area (Å²) in [5.74, 6) is -2.67. The smallest absolute Gasteiger partial charge is 0.335 e. The topological polar surface area (TPSA) is 111 Å². The third-order valence-corrected chi connectivity index (χ3v) is 4.79. The van der Waals surface area contributed by atoms with E-state index in [2.05, 4.69) is 4.98 Å². The van der Waals surface area contributed by atoms with Crippen LogP contribution >= 0.6 is 24.0 Å². The number of nitrogens with one attached hydrogen (secondary N) is 1. The summed E-state index contributed by atoms with van der Waals surface area (Å²) in [6, 6.07) is 4.64. The Bertz CT molecular complexity index is 931. The molecule has 2 heterocycles. The Morgan fingerprint density at radius 2 is 2.08 bits per heavy atom. The normalized spacial score (nSPS) is 16.3. The van der Waals surface area contributed by atoms with Gasteiger partial charge in [-0.25, -0.2) is 4.79 Å². The van der Waals surface area contributed by atoms with Gasteiger partial charge >= 0.3 is 11.9 Å². The van der Waals surface area contributed by atoms with Crippen molar-refractivity contribution in [2.24, 2.45) is 0 Å². The van der Waals surface area contributed by atoms with E-state index in [9.17, 15) is 14.4 Å². The quantitative estimate of drug-likeness (QED) is 0.564. The first-order chi connectivity index (χ1) is 11.4. The minimum absolute atomic E-state index is 0.134. The molecule has 7 nitrogen and oxygen atoms in total. The predicted molar refractivity (Wildman–Crippen MR) is 92.8 cm³/mol. The van der Waals surface area contributed by atoms with Gasteiger partial charge in [0.05, 0.1) is 10.5 Å². The average molecular weight is 362 g/mol. The number of carbonyl (C=O) groups excluding carboxylic acids is 1. The number of aromatic nitrogens is 1. The fraction of sp³-hybridized carbons (Fsp3) is 0.0667. The van der Waals surface area contributed by atoms with Crippen molar-refractivity contribution >= 4 is 63.1 Å². The van der Waals surface area contributed by atoms with Crippen LogP contribution in [0.5, 0.6) is 0 Å². The number of aromatic amines is 1. The van der Waals surface area contributed by atoms with Crippen molar-refractivity contribution in [1.29, 1.82) is 0 Å². The number of carboxylic acids is 2. The fourth-order valence-electron chi connectivity index (χ4n) is 2.31. The van der Waals surface area contributed by atoms with Crippen LogP contribution in [0.25, 0.3) is 17.0 Å². The summed E-state index contributed by atoms with van der Waals surface area (Å²) in [7, 11) is 0. The molecule has 1 aliphatic rings. The zero-order valence-electron chi connectivity index (χ0n) is 12.0. The molecule has 24 heavy (non-hydrogen) atoms. The van der Waals surface area contributed by atoms with Crippen molar-refractivity contribution in [3.63, 3.8) is 0 Å². The number of carbonyl (C=O) groups is 3. The molecule has 0 saturated carbocycles. The van der Waals surface area contributed by atoms with Crippen LogP contribution in [0, 0.1) is 0 Å². The standard InChI is InChI=1S/C15H10N2O5S2/c18-12(19)6-17-13(20)11(24-15(17)23)4-8-5-16-10-2-1-7(14(21)22)3-9(8)10/h1-5,16H,6H2,(H,18,19)(H,21,22).